The van der Waals surface area contributed by atoms with E-state index >= 15 is 0 Å². The van der Waals surface area contributed by atoms with Crippen molar-refractivity contribution >= 4 is 12.1 Å². The molecule has 2 heterocycles. The van der Waals surface area contributed by atoms with Crippen molar-refractivity contribution in [1.29, 1.82) is 0 Å². The van der Waals surface area contributed by atoms with Crippen LogP contribution in [-0.2, 0) is 9.47 Å². The summed E-state index contributed by atoms with van der Waals surface area (Å²) in [5, 5.41) is 2.94. The molecule has 0 unspecified atom stereocenters. The fourth-order valence-corrected chi connectivity index (χ4v) is 3.44. The largest absolute Gasteiger partial charge is 0.450 e. The highest BCUT2D eigenvalue weighted by Gasteiger charge is 2.30. The van der Waals surface area contributed by atoms with Gasteiger partial charge >= 0.3 is 12.1 Å². The molecule has 0 aromatic rings. The molecular weight excluding hydrogens is 324 g/mol. The first-order valence-corrected chi connectivity index (χ1v) is 9.33. The van der Waals surface area contributed by atoms with Gasteiger partial charge in [-0.3, -0.25) is 4.90 Å². The van der Waals surface area contributed by atoms with Crippen LogP contribution in [0.3, 0.4) is 0 Å². The van der Waals surface area contributed by atoms with Crippen LogP contribution in [0, 0.1) is 0 Å². The van der Waals surface area contributed by atoms with Gasteiger partial charge in [0.25, 0.3) is 0 Å². The van der Waals surface area contributed by atoms with E-state index in [0.717, 1.165) is 58.5 Å². The van der Waals surface area contributed by atoms with Crippen LogP contribution < -0.4 is 5.32 Å². The molecule has 1 N–H and O–H groups in total. The summed E-state index contributed by atoms with van der Waals surface area (Å²) >= 11 is 0. The summed E-state index contributed by atoms with van der Waals surface area (Å²) in [4.78, 5) is 30.0. The van der Waals surface area contributed by atoms with Gasteiger partial charge in [-0.25, -0.2) is 9.59 Å². The van der Waals surface area contributed by atoms with E-state index < -0.39 is 0 Å². The second-order valence-corrected chi connectivity index (χ2v) is 6.52. The summed E-state index contributed by atoms with van der Waals surface area (Å²) in [5.74, 6) is 0. The molecule has 2 aliphatic heterocycles. The van der Waals surface area contributed by atoms with E-state index in [0.29, 0.717) is 25.8 Å². The molecule has 0 bridgehead atoms. The van der Waals surface area contributed by atoms with Crippen molar-refractivity contribution in [3.05, 3.63) is 0 Å². The Hall–Kier alpha value is -1.54. The molecule has 0 aromatic carbocycles. The molecule has 2 fully saturated rings. The van der Waals surface area contributed by atoms with Crippen molar-refractivity contribution in [2.45, 2.75) is 32.2 Å². The molecule has 0 radical (unpaired) electrons. The summed E-state index contributed by atoms with van der Waals surface area (Å²) in [6.07, 6.45) is 2.58. The second-order valence-electron chi connectivity index (χ2n) is 6.52. The zero-order valence-corrected chi connectivity index (χ0v) is 15.5. The van der Waals surface area contributed by atoms with Gasteiger partial charge in [0.15, 0.2) is 0 Å². The van der Waals surface area contributed by atoms with Crippen LogP contribution in [-0.4, -0.2) is 99.0 Å². The van der Waals surface area contributed by atoms with E-state index in [1.54, 1.807) is 12.0 Å². The predicted molar refractivity (Wildman–Crippen MR) is 94.7 cm³/mol. The fourth-order valence-electron chi connectivity index (χ4n) is 3.44. The normalized spacial score (nSPS) is 19.8. The van der Waals surface area contributed by atoms with E-state index in [4.69, 9.17) is 9.47 Å². The van der Waals surface area contributed by atoms with Crippen molar-refractivity contribution < 1.29 is 19.1 Å². The Bertz CT molecular complexity index is 419. The number of nitrogens with zero attached hydrogens (tertiary/aromatic N) is 3. The van der Waals surface area contributed by atoms with Gasteiger partial charge in [-0.1, -0.05) is 0 Å². The maximum atomic E-state index is 12.1. The highest BCUT2D eigenvalue weighted by Crippen LogP contribution is 2.19. The predicted octanol–water partition coefficient (Wildman–Crippen LogP) is 0.971. The minimum atomic E-state index is -0.198. The summed E-state index contributed by atoms with van der Waals surface area (Å²) in [5.41, 5.74) is 0. The minimum Gasteiger partial charge on any atom is -0.450 e. The number of hydrogen-bond acceptors (Lipinski definition) is 5. The molecule has 0 aliphatic carbocycles. The number of ether oxygens (including phenoxy) is 2. The number of piperidine rings is 1. The number of methoxy groups -OCH3 is 1. The topological polar surface area (TPSA) is 74.4 Å². The highest BCUT2D eigenvalue weighted by molar-refractivity contribution is 5.74. The lowest BCUT2D eigenvalue weighted by molar-refractivity contribution is 0.0568. The molecule has 25 heavy (non-hydrogen) atoms. The lowest BCUT2D eigenvalue weighted by atomic mass is 10.0. The van der Waals surface area contributed by atoms with Crippen molar-refractivity contribution in [3.8, 4) is 0 Å². The van der Waals surface area contributed by atoms with Gasteiger partial charge < -0.3 is 24.6 Å². The Morgan fingerprint density at radius 2 is 1.72 bits per heavy atom. The molecule has 2 rings (SSSR count). The van der Waals surface area contributed by atoms with E-state index in [1.807, 2.05) is 11.8 Å². The van der Waals surface area contributed by atoms with Crippen LogP contribution in [0.25, 0.3) is 0 Å². The van der Waals surface area contributed by atoms with Crippen LogP contribution in [0.2, 0.25) is 0 Å². The fraction of sp³-hybridized carbons (Fsp3) is 0.882. The average Bonchev–Trinajstić information content (AvgIpc) is 2.65. The maximum Gasteiger partial charge on any atom is 0.409 e. The monoisotopic (exact) mass is 356 g/mol. The van der Waals surface area contributed by atoms with Crippen LogP contribution in [0.4, 0.5) is 9.59 Å². The van der Waals surface area contributed by atoms with E-state index in [-0.39, 0.29) is 12.1 Å². The van der Waals surface area contributed by atoms with Crippen molar-refractivity contribution in [3.63, 3.8) is 0 Å². The van der Waals surface area contributed by atoms with Crippen molar-refractivity contribution in [2.75, 3.05) is 66.1 Å². The standard InChI is InChI=1S/C17H32N4O4/c1-3-25-17(23)21-8-5-15(6-9-21)19-10-12-20(13-11-19)16(22)18-7-4-14-24-2/h15H,3-14H2,1-2H3,(H,18,22). The van der Waals surface area contributed by atoms with Crippen LogP contribution in [0.1, 0.15) is 26.2 Å². The van der Waals surface area contributed by atoms with Gasteiger partial charge in [-0.15, -0.1) is 0 Å². The molecule has 8 nitrogen and oxygen atoms in total. The van der Waals surface area contributed by atoms with Crippen molar-refractivity contribution in [2.24, 2.45) is 0 Å². The number of nitrogens with one attached hydrogen (secondary N) is 1. The first-order chi connectivity index (χ1) is 12.2. The minimum absolute atomic E-state index is 0.0212. The highest BCUT2D eigenvalue weighted by atomic mass is 16.6. The van der Waals surface area contributed by atoms with E-state index in [2.05, 4.69) is 10.2 Å². The maximum absolute atomic E-state index is 12.1. The van der Waals surface area contributed by atoms with Crippen molar-refractivity contribution in [1.82, 2.24) is 20.0 Å². The zero-order chi connectivity index (χ0) is 18.1. The molecule has 0 aromatic heterocycles. The molecule has 144 valence electrons. The summed E-state index contributed by atoms with van der Waals surface area (Å²) < 4.78 is 10.0. The average molecular weight is 356 g/mol. The molecule has 3 amide bonds. The van der Waals surface area contributed by atoms with Gasteiger partial charge in [-0.2, -0.15) is 0 Å². The molecule has 0 atom stereocenters. The SMILES string of the molecule is CCOC(=O)N1CCC(N2CCN(C(=O)NCCCOC)CC2)CC1. The third-order valence-corrected chi connectivity index (χ3v) is 4.91. The van der Waals surface area contributed by atoms with E-state index in [9.17, 15) is 9.59 Å². The number of piperazine rings is 1. The van der Waals surface area contributed by atoms with Crippen LogP contribution in [0.5, 0.6) is 0 Å². The lowest BCUT2D eigenvalue weighted by Gasteiger charge is -2.42. The van der Waals surface area contributed by atoms with Gasteiger partial charge in [0.2, 0.25) is 0 Å². The van der Waals surface area contributed by atoms with Gasteiger partial charge in [0.1, 0.15) is 0 Å². The summed E-state index contributed by atoms with van der Waals surface area (Å²) in [7, 11) is 1.66. The number of likely N-dealkylation sites (tertiary alicyclic amines) is 1. The molecule has 2 aliphatic rings. The van der Waals surface area contributed by atoms with Crippen LogP contribution >= 0.6 is 0 Å². The smallest absolute Gasteiger partial charge is 0.409 e. The number of hydrogen-bond donors (Lipinski definition) is 1. The molecule has 8 heteroatoms. The summed E-state index contributed by atoms with van der Waals surface area (Å²) in [6, 6.07) is 0.519. The number of urea groups is 1. The quantitative estimate of drug-likeness (QED) is 0.718. The third-order valence-electron chi connectivity index (χ3n) is 4.91. The van der Waals surface area contributed by atoms with Gasteiger partial charge in [0, 0.05) is 65.6 Å². The Balaban J connectivity index is 1.65. The first kappa shape index (κ1) is 19.8. The second kappa shape index (κ2) is 10.5. The Labute approximate surface area is 150 Å². The first-order valence-electron chi connectivity index (χ1n) is 9.33. The number of carbonyl (C=O) groups excluding carboxylic acids is 2. The van der Waals surface area contributed by atoms with E-state index in [1.165, 1.54) is 0 Å². The van der Waals surface area contributed by atoms with Gasteiger partial charge in [-0.05, 0) is 26.2 Å². The lowest BCUT2D eigenvalue weighted by Crippen LogP contribution is -2.56. The summed E-state index contributed by atoms with van der Waals surface area (Å²) in [6.45, 7) is 8.39. The Morgan fingerprint density at radius 3 is 2.32 bits per heavy atom. The molecule has 0 spiro atoms. The molecule has 2 saturated heterocycles. The Kier molecular flexibility index (Phi) is 8.27. The Morgan fingerprint density at radius 1 is 1.04 bits per heavy atom. The molecular formula is C17H32N4O4. The number of amides is 3. The number of rotatable bonds is 6. The molecule has 0 saturated carbocycles. The number of carbonyl (C=O) groups is 2. The van der Waals surface area contributed by atoms with Gasteiger partial charge in [0.05, 0.1) is 6.61 Å². The zero-order valence-electron chi connectivity index (χ0n) is 15.5. The van der Waals surface area contributed by atoms with Crippen LogP contribution in [0.15, 0.2) is 0 Å². The third kappa shape index (κ3) is 6.04.